The van der Waals surface area contributed by atoms with Gasteiger partial charge in [-0.15, -0.1) is 0 Å². The third kappa shape index (κ3) is 2.51. The van der Waals surface area contributed by atoms with E-state index in [1.807, 2.05) is 0 Å². The molecule has 0 spiro atoms. The molecule has 0 aromatic carbocycles. The first kappa shape index (κ1) is 13.8. The molecule has 0 aliphatic carbocycles. The molecule has 1 fully saturated rings. The Morgan fingerprint density at radius 2 is 2.00 bits per heavy atom. The fraction of sp³-hybridized carbons (Fsp3) is 0.778. The van der Waals surface area contributed by atoms with E-state index in [1.165, 1.54) is 6.92 Å². The van der Waals surface area contributed by atoms with E-state index >= 15 is 0 Å². The van der Waals surface area contributed by atoms with Crippen molar-refractivity contribution in [1.82, 2.24) is 0 Å². The molecule has 98 valence electrons. The van der Waals surface area contributed by atoms with Gasteiger partial charge >= 0.3 is 18.1 Å². The molecule has 0 radical (unpaired) electrons. The van der Waals surface area contributed by atoms with Crippen LogP contribution in [0.2, 0.25) is 0 Å². The van der Waals surface area contributed by atoms with Crippen LogP contribution in [0.15, 0.2) is 0 Å². The average molecular weight is 256 g/mol. The van der Waals surface area contributed by atoms with Crippen molar-refractivity contribution in [2.24, 2.45) is 0 Å². The van der Waals surface area contributed by atoms with Gasteiger partial charge < -0.3 is 14.2 Å². The Balaban J connectivity index is 2.74. The number of halogens is 3. The van der Waals surface area contributed by atoms with Crippen LogP contribution in [0.25, 0.3) is 0 Å². The summed E-state index contributed by atoms with van der Waals surface area (Å²) in [5.74, 6) is -2.30. The Morgan fingerprint density at radius 1 is 1.47 bits per heavy atom. The summed E-state index contributed by atoms with van der Waals surface area (Å²) in [7, 11) is 0. The van der Waals surface area contributed by atoms with Crippen molar-refractivity contribution in [3.8, 4) is 0 Å². The smallest absolute Gasteiger partial charge is 0.428 e. The highest BCUT2D eigenvalue weighted by Gasteiger charge is 2.71. The molecule has 8 heteroatoms. The minimum Gasteiger partial charge on any atom is -0.464 e. The van der Waals surface area contributed by atoms with E-state index in [1.54, 1.807) is 0 Å². The highest BCUT2D eigenvalue weighted by Crippen LogP contribution is 2.46. The molecular weight excluding hydrogens is 245 g/mol. The Morgan fingerprint density at radius 3 is 2.35 bits per heavy atom. The van der Waals surface area contributed by atoms with Gasteiger partial charge in [-0.3, -0.25) is 4.79 Å². The van der Waals surface area contributed by atoms with Crippen molar-refractivity contribution in [2.45, 2.75) is 38.3 Å². The fourth-order valence-electron chi connectivity index (χ4n) is 1.38. The molecule has 2 atom stereocenters. The van der Waals surface area contributed by atoms with Crippen molar-refractivity contribution in [1.29, 1.82) is 0 Å². The summed E-state index contributed by atoms with van der Waals surface area (Å²) in [4.78, 5) is 21.7. The van der Waals surface area contributed by atoms with Crippen LogP contribution in [0.3, 0.4) is 0 Å². The Bertz CT molecular complexity index is 319. The van der Waals surface area contributed by atoms with Crippen molar-refractivity contribution in [2.75, 3.05) is 6.61 Å². The van der Waals surface area contributed by atoms with Gasteiger partial charge in [0.05, 0.1) is 13.0 Å². The molecule has 1 aliphatic heterocycles. The van der Waals surface area contributed by atoms with E-state index in [0.717, 1.165) is 6.92 Å². The van der Waals surface area contributed by atoms with Crippen LogP contribution in [0.5, 0.6) is 0 Å². The van der Waals surface area contributed by atoms with Crippen molar-refractivity contribution >= 4 is 11.9 Å². The maximum Gasteiger partial charge on any atom is 0.428 e. The predicted molar refractivity (Wildman–Crippen MR) is 46.7 cm³/mol. The third-order valence-corrected chi connectivity index (χ3v) is 2.15. The molecule has 1 heterocycles. The van der Waals surface area contributed by atoms with E-state index in [4.69, 9.17) is 0 Å². The molecule has 0 aromatic rings. The van der Waals surface area contributed by atoms with Crippen molar-refractivity contribution in [3.63, 3.8) is 0 Å². The highest BCUT2D eigenvalue weighted by atomic mass is 19.4. The van der Waals surface area contributed by atoms with Gasteiger partial charge in [0, 0.05) is 6.92 Å². The van der Waals surface area contributed by atoms with Gasteiger partial charge in [0.15, 0.2) is 0 Å². The molecule has 0 N–H and O–H groups in total. The Kier molecular flexibility index (Phi) is 3.65. The summed E-state index contributed by atoms with van der Waals surface area (Å²) in [6.07, 6.45) is -7.05. The van der Waals surface area contributed by atoms with E-state index in [0.29, 0.717) is 0 Å². The SMILES string of the molecule is CCOC(=O)[C@]1(C(F)(F)F)CC(OC(C)=O)O1. The second-order valence-electron chi connectivity index (χ2n) is 3.41. The van der Waals surface area contributed by atoms with Crippen LogP contribution < -0.4 is 0 Å². The average Bonchev–Trinajstić information content (AvgIpc) is 2.07. The molecule has 1 saturated heterocycles. The number of alkyl halides is 3. The number of ether oxygens (including phenoxy) is 3. The lowest BCUT2D eigenvalue weighted by molar-refractivity contribution is -0.379. The lowest BCUT2D eigenvalue weighted by atomic mass is 9.92. The first-order valence-corrected chi connectivity index (χ1v) is 4.82. The second kappa shape index (κ2) is 4.52. The quantitative estimate of drug-likeness (QED) is 0.709. The topological polar surface area (TPSA) is 61.8 Å². The van der Waals surface area contributed by atoms with Gasteiger partial charge in [0.2, 0.25) is 6.29 Å². The monoisotopic (exact) mass is 256 g/mol. The lowest BCUT2D eigenvalue weighted by Crippen LogP contribution is -2.66. The standard InChI is InChI=1S/C9H11F3O5/c1-3-15-7(14)8(9(10,11)12)4-6(17-8)16-5(2)13/h6H,3-4H2,1-2H3/t6?,8-/m0/s1. The zero-order chi connectivity index (χ0) is 13.3. The summed E-state index contributed by atoms with van der Waals surface area (Å²) < 4.78 is 51.1. The summed E-state index contributed by atoms with van der Waals surface area (Å²) in [6, 6.07) is 0. The zero-order valence-corrected chi connectivity index (χ0v) is 9.17. The van der Waals surface area contributed by atoms with Crippen LogP contribution in [0.4, 0.5) is 13.2 Å². The van der Waals surface area contributed by atoms with E-state index in [9.17, 15) is 22.8 Å². The molecular formula is C9H11F3O5. The van der Waals surface area contributed by atoms with Crippen LogP contribution in [0.1, 0.15) is 20.3 Å². The Hall–Kier alpha value is -1.31. The van der Waals surface area contributed by atoms with Crippen LogP contribution >= 0.6 is 0 Å². The number of carbonyl (C=O) groups excluding carboxylic acids is 2. The van der Waals surface area contributed by atoms with Gasteiger partial charge in [-0.2, -0.15) is 13.2 Å². The predicted octanol–water partition coefficient (Wildman–Crippen LogP) is 1.16. The Labute approximate surface area is 94.8 Å². The third-order valence-electron chi connectivity index (χ3n) is 2.15. The van der Waals surface area contributed by atoms with Crippen molar-refractivity contribution < 1.29 is 37.0 Å². The highest BCUT2D eigenvalue weighted by molar-refractivity contribution is 5.82. The number of esters is 2. The molecule has 0 amide bonds. The lowest BCUT2D eigenvalue weighted by Gasteiger charge is -2.44. The van der Waals surface area contributed by atoms with E-state index in [2.05, 4.69) is 14.2 Å². The molecule has 1 unspecified atom stereocenters. The van der Waals surface area contributed by atoms with E-state index in [-0.39, 0.29) is 6.61 Å². The first-order chi connectivity index (χ1) is 7.73. The second-order valence-corrected chi connectivity index (χ2v) is 3.41. The molecule has 5 nitrogen and oxygen atoms in total. The van der Waals surface area contributed by atoms with Crippen LogP contribution in [-0.4, -0.2) is 36.6 Å². The number of hydrogen-bond donors (Lipinski definition) is 0. The normalized spacial score (nSPS) is 28.2. The summed E-state index contributed by atoms with van der Waals surface area (Å²) in [5, 5.41) is 0. The van der Waals surface area contributed by atoms with Gasteiger partial charge in [0.1, 0.15) is 0 Å². The summed E-state index contributed by atoms with van der Waals surface area (Å²) >= 11 is 0. The minimum atomic E-state index is -4.91. The van der Waals surface area contributed by atoms with Gasteiger partial charge in [-0.25, -0.2) is 4.79 Å². The van der Waals surface area contributed by atoms with Gasteiger partial charge in [-0.1, -0.05) is 0 Å². The van der Waals surface area contributed by atoms with Crippen molar-refractivity contribution in [3.05, 3.63) is 0 Å². The van der Waals surface area contributed by atoms with E-state index < -0.39 is 36.4 Å². The summed E-state index contributed by atoms with van der Waals surface area (Å²) in [5.41, 5.74) is -3.01. The van der Waals surface area contributed by atoms with Gasteiger partial charge in [0.25, 0.3) is 5.60 Å². The van der Waals surface area contributed by atoms with Crippen LogP contribution in [0, 0.1) is 0 Å². The maximum atomic E-state index is 12.7. The minimum absolute atomic E-state index is 0.196. The fourth-order valence-corrected chi connectivity index (χ4v) is 1.38. The molecule has 0 bridgehead atoms. The molecule has 1 rings (SSSR count). The molecule has 17 heavy (non-hydrogen) atoms. The largest absolute Gasteiger partial charge is 0.464 e. The molecule has 1 aliphatic rings. The number of rotatable bonds is 3. The van der Waals surface area contributed by atoms with Gasteiger partial charge in [-0.05, 0) is 6.92 Å². The first-order valence-electron chi connectivity index (χ1n) is 4.82. The maximum absolute atomic E-state index is 12.7. The summed E-state index contributed by atoms with van der Waals surface area (Å²) in [6.45, 7) is 2.21. The number of hydrogen-bond acceptors (Lipinski definition) is 5. The molecule has 0 saturated carbocycles. The number of carbonyl (C=O) groups is 2. The zero-order valence-electron chi connectivity index (χ0n) is 9.17. The molecule has 0 aromatic heterocycles. The van der Waals surface area contributed by atoms with Crippen LogP contribution in [-0.2, 0) is 23.8 Å².